The van der Waals surface area contributed by atoms with Gasteiger partial charge in [-0.1, -0.05) is 17.7 Å². The first-order valence-corrected chi connectivity index (χ1v) is 4.23. The first-order valence-electron chi connectivity index (χ1n) is 3.85. The molecule has 0 saturated carbocycles. The molecule has 14 heavy (non-hydrogen) atoms. The van der Waals surface area contributed by atoms with Crippen LogP contribution in [0.15, 0.2) is 24.3 Å². The van der Waals surface area contributed by atoms with E-state index >= 15 is 0 Å². The molecule has 1 atom stereocenters. The van der Waals surface area contributed by atoms with Crippen LogP contribution in [0.25, 0.3) is 0 Å². The number of benzene rings is 1. The highest BCUT2D eigenvalue weighted by molar-refractivity contribution is 6.30. The van der Waals surface area contributed by atoms with E-state index in [2.05, 4.69) is 0 Å². The van der Waals surface area contributed by atoms with Crippen molar-refractivity contribution in [2.45, 2.75) is 13.0 Å². The van der Waals surface area contributed by atoms with E-state index in [1.165, 1.54) is 0 Å². The van der Waals surface area contributed by atoms with Crippen LogP contribution in [0.1, 0.15) is 6.92 Å². The van der Waals surface area contributed by atoms with Crippen molar-refractivity contribution in [1.29, 1.82) is 5.41 Å². The average Bonchev–Trinajstić information content (AvgIpc) is 2.04. The fourth-order valence-electron chi connectivity index (χ4n) is 0.808. The van der Waals surface area contributed by atoms with Crippen molar-refractivity contribution in [2.75, 3.05) is 0 Å². The Bertz CT molecular complexity index is 317. The Labute approximate surface area is 94.1 Å². The summed E-state index contributed by atoms with van der Waals surface area (Å²) in [6, 6.07) is 6.99. The van der Waals surface area contributed by atoms with Crippen LogP contribution < -0.4 is 10.5 Å². The predicted octanol–water partition coefficient (Wildman–Crippen LogP) is 2.47. The van der Waals surface area contributed by atoms with Gasteiger partial charge in [0.25, 0.3) is 0 Å². The van der Waals surface area contributed by atoms with Crippen LogP contribution in [0.2, 0.25) is 5.02 Å². The number of halogens is 2. The lowest BCUT2D eigenvalue weighted by molar-refractivity contribution is 0.285. The molecular weight excluding hydrogens is 223 g/mol. The van der Waals surface area contributed by atoms with E-state index in [4.69, 9.17) is 27.5 Å². The fourth-order valence-corrected chi connectivity index (χ4v) is 0.988. The van der Waals surface area contributed by atoms with Gasteiger partial charge in [-0.05, 0) is 25.1 Å². The molecule has 1 aromatic rings. The van der Waals surface area contributed by atoms with E-state index in [1.54, 1.807) is 31.2 Å². The molecule has 0 saturated heterocycles. The maximum absolute atomic E-state index is 7.12. The lowest BCUT2D eigenvalue weighted by Crippen LogP contribution is -2.29. The lowest BCUT2D eigenvalue weighted by Gasteiger charge is -2.12. The Hall–Kier alpha value is -0.930. The molecule has 1 unspecified atom stereocenters. The van der Waals surface area contributed by atoms with Crippen molar-refractivity contribution in [3.05, 3.63) is 29.3 Å². The van der Waals surface area contributed by atoms with Gasteiger partial charge < -0.3 is 10.5 Å². The summed E-state index contributed by atoms with van der Waals surface area (Å²) in [7, 11) is 0. The predicted molar refractivity (Wildman–Crippen MR) is 60.7 cm³/mol. The summed E-state index contributed by atoms with van der Waals surface area (Å²) < 4.78 is 5.32. The smallest absolute Gasteiger partial charge is 0.152 e. The molecule has 0 radical (unpaired) electrons. The molecule has 0 aliphatic rings. The molecule has 1 aromatic carbocycles. The SMILES string of the molecule is CC(Oc1cccc(Cl)c1)C(=N)N.Cl. The molecule has 1 rings (SSSR count). The summed E-state index contributed by atoms with van der Waals surface area (Å²) in [6.45, 7) is 1.71. The van der Waals surface area contributed by atoms with E-state index in [9.17, 15) is 0 Å². The van der Waals surface area contributed by atoms with Gasteiger partial charge in [0.2, 0.25) is 0 Å². The third kappa shape index (κ3) is 3.85. The molecular formula is C9H12Cl2N2O. The number of ether oxygens (including phenoxy) is 1. The zero-order chi connectivity index (χ0) is 9.84. The van der Waals surface area contributed by atoms with Crippen LogP contribution in [0.5, 0.6) is 5.75 Å². The second-order valence-corrected chi connectivity index (χ2v) is 3.11. The number of nitrogens with two attached hydrogens (primary N) is 1. The highest BCUT2D eigenvalue weighted by Crippen LogP contribution is 2.18. The number of nitrogens with one attached hydrogen (secondary N) is 1. The zero-order valence-corrected chi connectivity index (χ0v) is 9.23. The molecule has 78 valence electrons. The molecule has 0 heterocycles. The van der Waals surface area contributed by atoms with E-state index in [1.807, 2.05) is 0 Å². The molecule has 0 fully saturated rings. The summed E-state index contributed by atoms with van der Waals surface area (Å²) in [6.07, 6.45) is -0.418. The monoisotopic (exact) mass is 234 g/mol. The van der Waals surface area contributed by atoms with Crippen LogP contribution in [0.4, 0.5) is 0 Å². The highest BCUT2D eigenvalue weighted by Gasteiger charge is 2.06. The minimum absolute atomic E-state index is 0. The molecule has 0 aromatic heterocycles. The van der Waals surface area contributed by atoms with Crippen LogP contribution >= 0.6 is 24.0 Å². The third-order valence-corrected chi connectivity index (χ3v) is 1.78. The van der Waals surface area contributed by atoms with Gasteiger partial charge >= 0.3 is 0 Å². The standard InChI is InChI=1S/C9H11ClN2O.ClH/c1-6(9(11)12)13-8-4-2-3-7(10)5-8;/h2-6H,1H3,(H3,11,12);1H. The Morgan fingerprint density at radius 3 is 2.71 bits per heavy atom. The topological polar surface area (TPSA) is 59.1 Å². The van der Waals surface area contributed by atoms with Gasteiger partial charge in [0, 0.05) is 5.02 Å². The van der Waals surface area contributed by atoms with Crippen LogP contribution in [0.3, 0.4) is 0 Å². The van der Waals surface area contributed by atoms with Crippen molar-refractivity contribution in [3.8, 4) is 5.75 Å². The minimum atomic E-state index is -0.418. The largest absolute Gasteiger partial charge is 0.483 e. The summed E-state index contributed by atoms with van der Waals surface area (Å²) in [4.78, 5) is 0. The van der Waals surface area contributed by atoms with Gasteiger partial charge in [-0.15, -0.1) is 12.4 Å². The second-order valence-electron chi connectivity index (χ2n) is 2.67. The number of hydrogen-bond donors (Lipinski definition) is 2. The van der Waals surface area contributed by atoms with Crippen molar-refractivity contribution < 1.29 is 4.74 Å². The maximum Gasteiger partial charge on any atom is 0.152 e. The Balaban J connectivity index is 0.00000169. The summed E-state index contributed by atoms with van der Waals surface area (Å²) >= 11 is 5.74. The zero-order valence-electron chi connectivity index (χ0n) is 7.66. The second kappa shape index (κ2) is 5.73. The van der Waals surface area contributed by atoms with Gasteiger partial charge in [0.05, 0.1) is 0 Å². The van der Waals surface area contributed by atoms with Crippen molar-refractivity contribution in [2.24, 2.45) is 5.73 Å². The van der Waals surface area contributed by atoms with Crippen LogP contribution in [0, 0.1) is 5.41 Å². The minimum Gasteiger partial charge on any atom is -0.483 e. The van der Waals surface area contributed by atoms with Gasteiger partial charge in [0.1, 0.15) is 11.6 Å². The average molecular weight is 235 g/mol. The van der Waals surface area contributed by atoms with Crippen molar-refractivity contribution in [1.82, 2.24) is 0 Å². The Kier molecular flexibility index (Phi) is 5.35. The van der Waals surface area contributed by atoms with Crippen molar-refractivity contribution >= 4 is 29.8 Å². The van der Waals surface area contributed by atoms with E-state index in [0.717, 1.165) is 0 Å². The molecule has 0 amide bonds. The maximum atomic E-state index is 7.12. The molecule has 5 heteroatoms. The normalized spacial score (nSPS) is 11.3. The molecule has 3 N–H and O–H groups in total. The first-order chi connectivity index (χ1) is 6.09. The van der Waals surface area contributed by atoms with Crippen LogP contribution in [-0.2, 0) is 0 Å². The molecule has 0 spiro atoms. The van der Waals surface area contributed by atoms with Gasteiger partial charge in [-0.3, -0.25) is 5.41 Å². The molecule has 0 bridgehead atoms. The number of amidine groups is 1. The summed E-state index contributed by atoms with van der Waals surface area (Å²) in [5, 5.41) is 7.73. The third-order valence-electron chi connectivity index (χ3n) is 1.55. The fraction of sp³-hybridized carbons (Fsp3) is 0.222. The van der Waals surface area contributed by atoms with E-state index in [0.29, 0.717) is 10.8 Å². The molecule has 3 nitrogen and oxygen atoms in total. The Morgan fingerprint density at radius 2 is 2.21 bits per heavy atom. The molecule has 0 aliphatic heterocycles. The Morgan fingerprint density at radius 1 is 1.57 bits per heavy atom. The van der Waals surface area contributed by atoms with Gasteiger partial charge in [-0.2, -0.15) is 0 Å². The van der Waals surface area contributed by atoms with E-state index < -0.39 is 6.10 Å². The van der Waals surface area contributed by atoms with E-state index in [-0.39, 0.29) is 18.2 Å². The summed E-state index contributed by atoms with van der Waals surface area (Å²) in [5.74, 6) is 0.621. The van der Waals surface area contributed by atoms with Gasteiger partial charge in [-0.25, -0.2) is 0 Å². The molecule has 0 aliphatic carbocycles. The highest BCUT2D eigenvalue weighted by atomic mass is 35.5. The summed E-state index contributed by atoms with van der Waals surface area (Å²) in [5.41, 5.74) is 5.25. The lowest BCUT2D eigenvalue weighted by atomic mass is 10.3. The van der Waals surface area contributed by atoms with Crippen molar-refractivity contribution in [3.63, 3.8) is 0 Å². The van der Waals surface area contributed by atoms with Gasteiger partial charge in [0.15, 0.2) is 6.10 Å². The number of rotatable bonds is 3. The first kappa shape index (κ1) is 13.1. The van der Waals surface area contributed by atoms with Crippen LogP contribution in [-0.4, -0.2) is 11.9 Å². The number of hydrogen-bond acceptors (Lipinski definition) is 2. The quantitative estimate of drug-likeness (QED) is 0.624.